The molecule has 10 aromatic rings. The molecule has 0 bridgehead atoms. The van der Waals surface area contributed by atoms with Crippen molar-refractivity contribution >= 4 is 88.8 Å². The molecule has 2 aliphatic rings. The van der Waals surface area contributed by atoms with Crippen LogP contribution in [0.4, 0.5) is 0 Å². The minimum absolute atomic E-state index is 0.000743. The van der Waals surface area contributed by atoms with Gasteiger partial charge >= 0.3 is 0 Å². The monoisotopic (exact) mass is 643 g/mol. The molecule has 0 aliphatic carbocycles. The molecule has 12 rings (SSSR count). The molecule has 0 saturated heterocycles. The van der Waals surface area contributed by atoms with Crippen LogP contribution in [0.5, 0.6) is 23.0 Å². The molecule has 234 valence electrons. The quantitative estimate of drug-likeness (QED) is 0.167. The average molecular weight is 644 g/mol. The second-order valence-electron chi connectivity index (χ2n) is 13.8. The number of aromatic nitrogens is 1. The zero-order chi connectivity index (χ0) is 32.8. The Hall–Kier alpha value is -6.40. The summed E-state index contributed by atoms with van der Waals surface area (Å²) in [5.41, 5.74) is 12.1. The first kappa shape index (κ1) is 26.5. The molecule has 7 aromatic carbocycles. The maximum Gasteiger partial charge on any atom is 0.260 e. The number of benzene rings is 7. The van der Waals surface area contributed by atoms with E-state index in [0.29, 0.717) is 0 Å². The maximum absolute atomic E-state index is 6.81. The van der Waals surface area contributed by atoms with Crippen LogP contribution in [0.3, 0.4) is 0 Å². The Kier molecular flexibility index (Phi) is 4.88. The molecule has 5 nitrogen and oxygen atoms in total. The lowest BCUT2D eigenvalue weighted by Gasteiger charge is -2.33. The largest absolute Gasteiger partial charge is 0.458 e. The van der Waals surface area contributed by atoms with Gasteiger partial charge in [0, 0.05) is 33.8 Å². The van der Waals surface area contributed by atoms with Crippen LogP contribution in [0.15, 0.2) is 130 Å². The number of hydrogen-bond donors (Lipinski definition) is 0. The first-order valence-corrected chi connectivity index (χ1v) is 17.0. The fourth-order valence-corrected chi connectivity index (χ4v) is 8.74. The molecule has 0 atom stereocenters. The zero-order valence-electron chi connectivity index (χ0n) is 27.2. The van der Waals surface area contributed by atoms with Crippen molar-refractivity contribution in [1.29, 1.82) is 0 Å². The normalized spacial score (nSPS) is 13.3. The van der Waals surface area contributed by atoms with Gasteiger partial charge in [0.2, 0.25) is 0 Å². The van der Waals surface area contributed by atoms with E-state index in [-0.39, 0.29) is 6.71 Å². The average Bonchev–Trinajstić information content (AvgIpc) is 3.81. The van der Waals surface area contributed by atoms with Crippen molar-refractivity contribution in [3.63, 3.8) is 0 Å². The molecule has 6 heteroatoms. The first-order valence-electron chi connectivity index (χ1n) is 17.0. The predicted molar refractivity (Wildman–Crippen MR) is 202 cm³/mol. The zero-order valence-corrected chi connectivity index (χ0v) is 27.2. The molecule has 0 amide bonds. The molecule has 0 radical (unpaired) electrons. The lowest BCUT2D eigenvalue weighted by Crippen LogP contribution is -2.57. The second-order valence-corrected chi connectivity index (χ2v) is 13.8. The van der Waals surface area contributed by atoms with Gasteiger partial charge in [0.15, 0.2) is 0 Å². The molecule has 50 heavy (non-hydrogen) atoms. The van der Waals surface area contributed by atoms with Gasteiger partial charge in [-0.15, -0.1) is 0 Å². The number of fused-ring (bicyclic) bond motifs is 16. The standard InChI is InChI=1S/C44H26BNO4/c1-23-15-17-34-29(19-23)45-30-20-24(2)16-18-35(30)48-37-22-25(21-36(47-34)41(37)45)46-31-12-6-3-9-26(31)38-42(46)39-27-10-4-7-13-32(27)49-44(39)40-28-11-5-8-14-33(28)50-43(38)40/h3-22H,1-2H3. The summed E-state index contributed by atoms with van der Waals surface area (Å²) in [6, 6.07) is 42.4. The molecule has 0 N–H and O–H groups in total. The van der Waals surface area contributed by atoms with Gasteiger partial charge in [-0.1, -0.05) is 90.0 Å². The van der Waals surface area contributed by atoms with Gasteiger partial charge in [-0.2, -0.15) is 0 Å². The summed E-state index contributed by atoms with van der Waals surface area (Å²) in [7, 11) is 0. The summed E-state index contributed by atoms with van der Waals surface area (Å²) in [4.78, 5) is 0. The van der Waals surface area contributed by atoms with Crippen LogP contribution in [0.25, 0.3) is 71.4 Å². The third kappa shape index (κ3) is 3.28. The molecule has 5 heterocycles. The number of aryl methyl sites for hydroxylation is 2. The Morgan fingerprint density at radius 3 is 1.64 bits per heavy atom. The third-order valence-corrected chi connectivity index (χ3v) is 10.8. The van der Waals surface area contributed by atoms with Crippen molar-refractivity contribution in [2.75, 3.05) is 0 Å². The highest BCUT2D eigenvalue weighted by atomic mass is 16.5. The number of hydrogen-bond acceptors (Lipinski definition) is 4. The van der Waals surface area contributed by atoms with Crippen LogP contribution in [0.2, 0.25) is 0 Å². The molecular weight excluding hydrogens is 617 g/mol. The van der Waals surface area contributed by atoms with E-state index in [1.807, 2.05) is 24.3 Å². The summed E-state index contributed by atoms with van der Waals surface area (Å²) in [6.45, 7) is 4.27. The van der Waals surface area contributed by atoms with E-state index in [2.05, 4.69) is 115 Å². The highest BCUT2D eigenvalue weighted by Crippen LogP contribution is 2.49. The van der Waals surface area contributed by atoms with E-state index >= 15 is 0 Å². The molecule has 0 spiro atoms. The Labute approximate surface area is 285 Å². The number of ether oxygens (including phenoxy) is 2. The highest BCUT2D eigenvalue weighted by Gasteiger charge is 2.41. The second kappa shape index (κ2) is 9.19. The van der Waals surface area contributed by atoms with Gasteiger partial charge in [0.05, 0.1) is 32.9 Å². The molecule has 0 unspecified atom stereocenters. The fourth-order valence-electron chi connectivity index (χ4n) is 8.74. The number of para-hydroxylation sites is 3. The van der Waals surface area contributed by atoms with Crippen molar-refractivity contribution in [3.05, 3.63) is 132 Å². The van der Waals surface area contributed by atoms with Crippen LogP contribution in [-0.4, -0.2) is 11.3 Å². The van der Waals surface area contributed by atoms with Gasteiger partial charge in [0.1, 0.15) is 45.3 Å². The fraction of sp³-hybridized carbons (Fsp3) is 0.0455. The van der Waals surface area contributed by atoms with E-state index in [4.69, 9.17) is 18.3 Å². The lowest BCUT2D eigenvalue weighted by atomic mass is 9.34. The molecule has 3 aromatic heterocycles. The Morgan fingerprint density at radius 1 is 0.500 bits per heavy atom. The van der Waals surface area contributed by atoms with Crippen LogP contribution in [-0.2, 0) is 0 Å². The molecule has 2 aliphatic heterocycles. The van der Waals surface area contributed by atoms with Crippen molar-refractivity contribution in [2.45, 2.75) is 13.8 Å². The van der Waals surface area contributed by atoms with E-state index < -0.39 is 0 Å². The SMILES string of the molecule is Cc1ccc2c(c1)B1c3cc(C)ccc3Oc3cc(-n4c5ccccc5c5c6oc7ccccc7c6c6oc7ccccc7c6c54)cc(c31)O2. The van der Waals surface area contributed by atoms with Crippen molar-refractivity contribution in [3.8, 4) is 28.7 Å². The third-order valence-electron chi connectivity index (χ3n) is 10.8. The maximum atomic E-state index is 6.81. The van der Waals surface area contributed by atoms with E-state index in [1.54, 1.807) is 0 Å². The minimum Gasteiger partial charge on any atom is -0.458 e. The number of rotatable bonds is 1. The van der Waals surface area contributed by atoms with Gasteiger partial charge in [-0.05, 0) is 55.1 Å². The van der Waals surface area contributed by atoms with Crippen LogP contribution >= 0.6 is 0 Å². The minimum atomic E-state index is -0.000743. The van der Waals surface area contributed by atoms with Crippen LogP contribution < -0.4 is 25.9 Å². The summed E-state index contributed by atoms with van der Waals surface area (Å²) in [5.74, 6) is 3.35. The van der Waals surface area contributed by atoms with E-state index in [9.17, 15) is 0 Å². The lowest BCUT2D eigenvalue weighted by molar-refractivity contribution is 0.464. The van der Waals surface area contributed by atoms with E-state index in [0.717, 1.165) is 111 Å². The Morgan fingerprint density at radius 2 is 1.02 bits per heavy atom. The first-order chi connectivity index (χ1) is 24.6. The van der Waals surface area contributed by atoms with Gasteiger partial charge in [0.25, 0.3) is 6.71 Å². The van der Waals surface area contributed by atoms with Gasteiger partial charge in [-0.3, -0.25) is 0 Å². The van der Waals surface area contributed by atoms with Gasteiger partial charge in [-0.25, -0.2) is 0 Å². The number of nitrogens with zero attached hydrogens (tertiary/aromatic N) is 1. The Bertz CT molecular complexity index is 3040. The topological polar surface area (TPSA) is 49.7 Å². The summed E-state index contributed by atoms with van der Waals surface area (Å²) in [6.07, 6.45) is 0. The van der Waals surface area contributed by atoms with Crippen LogP contribution in [0.1, 0.15) is 11.1 Å². The van der Waals surface area contributed by atoms with Gasteiger partial charge < -0.3 is 22.9 Å². The Balaban J connectivity index is 1.25. The number of furan rings is 2. The summed E-state index contributed by atoms with van der Waals surface area (Å²) in [5, 5.41) is 6.31. The van der Waals surface area contributed by atoms with Crippen LogP contribution in [0, 0.1) is 13.8 Å². The smallest absolute Gasteiger partial charge is 0.260 e. The summed E-state index contributed by atoms with van der Waals surface area (Å²) >= 11 is 0. The highest BCUT2D eigenvalue weighted by molar-refractivity contribution is 6.98. The summed E-state index contributed by atoms with van der Waals surface area (Å²) < 4.78 is 29.5. The van der Waals surface area contributed by atoms with Crippen molar-refractivity contribution < 1.29 is 18.3 Å². The van der Waals surface area contributed by atoms with Crippen molar-refractivity contribution in [1.82, 2.24) is 4.57 Å². The predicted octanol–water partition coefficient (Wildman–Crippen LogP) is 9.93. The molecular formula is C44H26BNO4. The molecule has 0 fully saturated rings. The molecule has 0 saturated carbocycles. The van der Waals surface area contributed by atoms with Crippen molar-refractivity contribution in [2.24, 2.45) is 0 Å². The van der Waals surface area contributed by atoms with E-state index in [1.165, 1.54) is 11.1 Å².